The van der Waals surface area contributed by atoms with Crippen LogP contribution < -0.4 is 9.62 Å². The van der Waals surface area contributed by atoms with Crippen LogP contribution in [0.4, 0.5) is 5.13 Å². The van der Waals surface area contributed by atoms with Crippen LogP contribution in [-0.2, 0) is 14.8 Å². The van der Waals surface area contributed by atoms with E-state index in [1.165, 1.54) is 41.0 Å². The van der Waals surface area contributed by atoms with E-state index in [0.717, 1.165) is 9.18 Å². The Labute approximate surface area is 160 Å². The molecule has 1 atom stereocenters. The molecule has 9 heteroatoms. The zero-order valence-electron chi connectivity index (χ0n) is 13.9. The fourth-order valence-corrected chi connectivity index (χ4v) is 5.34. The van der Waals surface area contributed by atoms with E-state index in [9.17, 15) is 13.2 Å². The Morgan fingerprint density at radius 3 is 2.54 bits per heavy atom. The summed E-state index contributed by atoms with van der Waals surface area (Å²) in [4.78, 5) is 17.7. The molecule has 136 valence electrons. The molecule has 2 aromatic heterocycles. The summed E-state index contributed by atoms with van der Waals surface area (Å²) in [6, 6.07) is 11.7. The second-order valence-corrected chi connectivity index (χ2v) is 9.16. The zero-order valence-corrected chi connectivity index (χ0v) is 16.4. The molecular weight excluding hydrogens is 390 g/mol. The second kappa shape index (κ2) is 7.98. The van der Waals surface area contributed by atoms with Gasteiger partial charge >= 0.3 is 0 Å². The number of nitrogens with one attached hydrogen (secondary N) is 1. The Morgan fingerprint density at radius 2 is 1.92 bits per heavy atom. The maximum absolute atomic E-state index is 13.0. The van der Waals surface area contributed by atoms with Gasteiger partial charge in [-0.25, -0.2) is 17.7 Å². The quantitative estimate of drug-likeness (QED) is 0.652. The van der Waals surface area contributed by atoms with Crippen LogP contribution in [0, 0.1) is 0 Å². The summed E-state index contributed by atoms with van der Waals surface area (Å²) in [5.41, 5.74) is 0. The summed E-state index contributed by atoms with van der Waals surface area (Å²) < 4.78 is 27.0. The molecule has 0 spiro atoms. The molecule has 3 rings (SSSR count). The Hall–Kier alpha value is -2.23. The lowest BCUT2D eigenvalue weighted by Gasteiger charge is -2.22. The predicted molar refractivity (Wildman–Crippen MR) is 104 cm³/mol. The number of nitrogens with zero attached hydrogens (tertiary/aromatic N) is 2. The van der Waals surface area contributed by atoms with Crippen molar-refractivity contribution in [3.8, 4) is 0 Å². The number of rotatable bonds is 7. The molecule has 0 aliphatic carbocycles. The monoisotopic (exact) mass is 407 g/mol. The van der Waals surface area contributed by atoms with E-state index in [4.69, 9.17) is 0 Å². The third-order valence-corrected chi connectivity index (χ3v) is 7.31. The fourth-order valence-electron chi connectivity index (χ4n) is 2.34. The van der Waals surface area contributed by atoms with Crippen molar-refractivity contribution in [3.05, 3.63) is 64.3 Å². The van der Waals surface area contributed by atoms with E-state index in [0.29, 0.717) is 0 Å². The van der Waals surface area contributed by atoms with E-state index < -0.39 is 10.0 Å². The molecule has 0 fully saturated rings. The number of thiophene rings is 1. The Balaban J connectivity index is 1.83. The van der Waals surface area contributed by atoms with Gasteiger partial charge in [-0.15, -0.1) is 22.7 Å². The van der Waals surface area contributed by atoms with Gasteiger partial charge in [0.1, 0.15) is 6.54 Å². The van der Waals surface area contributed by atoms with Crippen LogP contribution in [0.15, 0.2) is 64.3 Å². The normalized spacial score (nSPS) is 12.5. The predicted octanol–water partition coefficient (Wildman–Crippen LogP) is 3.28. The van der Waals surface area contributed by atoms with Gasteiger partial charge in [-0.05, 0) is 30.5 Å². The molecule has 1 aromatic carbocycles. The highest BCUT2D eigenvalue weighted by Crippen LogP contribution is 2.25. The second-order valence-electron chi connectivity index (χ2n) is 5.44. The van der Waals surface area contributed by atoms with Gasteiger partial charge in [0.25, 0.3) is 10.0 Å². The molecule has 0 bridgehead atoms. The van der Waals surface area contributed by atoms with Crippen LogP contribution >= 0.6 is 22.7 Å². The first-order chi connectivity index (χ1) is 12.5. The van der Waals surface area contributed by atoms with E-state index in [1.807, 2.05) is 24.4 Å². The standard InChI is InChI=1S/C17H17N3O3S3/c1-13(15-8-5-10-24-15)19-16(21)12-20(17-18-9-11-25-17)26(22,23)14-6-3-2-4-7-14/h2-11,13H,12H2,1H3,(H,19,21)/t13-/m1/s1. The van der Waals surface area contributed by atoms with Gasteiger partial charge in [-0.2, -0.15) is 0 Å². The van der Waals surface area contributed by atoms with Crippen molar-refractivity contribution >= 4 is 43.7 Å². The number of amides is 1. The lowest BCUT2D eigenvalue weighted by molar-refractivity contribution is -0.120. The molecule has 0 aliphatic heterocycles. The summed E-state index contributed by atoms with van der Waals surface area (Å²) in [5, 5.41) is 6.70. The van der Waals surface area contributed by atoms with Crippen molar-refractivity contribution in [2.75, 3.05) is 10.8 Å². The van der Waals surface area contributed by atoms with E-state index >= 15 is 0 Å². The van der Waals surface area contributed by atoms with E-state index in [2.05, 4.69) is 10.3 Å². The minimum atomic E-state index is -3.89. The first-order valence-corrected chi connectivity index (χ1v) is 11.0. The largest absolute Gasteiger partial charge is 0.347 e. The molecule has 0 unspecified atom stereocenters. The van der Waals surface area contributed by atoms with Crippen molar-refractivity contribution in [1.29, 1.82) is 0 Å². The van der Waals surface area contributed by atoms with Crippen LogP contribution in [0.2, 0.25) is 0 Å². The summed E-state index contributed by atoms with van der Waals surface area (Å²) >= 11 is 2.70. The zero-order chi connectivity index (χ0) is 18.6. The Kier molecular flexibility index (Phi) is 5.70. The van der Waals surface area contributed by atoms with Gasteiger partial charge in [0.05, 0.1) is 10.9 Å². The molecule has 0 aliphatic rings. The molecule has 3 aromatic rings. The highest BCUT2D eigenvalue weighted by molar-refractivity contribution is 7.93. The number of benzene rings is 1. The average Bonchev–Trinajstić information content (AvgIpc) is 3.34. The van der Waals surface area contributed by atoms with E-state index in [1.54, 1.807) is 23.6 Å². The van der Waals surface area contributed by atoms with Crippen LogP contribution in [0.5, 0.6) is 0 Å². The van der Waals surface area contributed by atoms with Gasteiger partial charge in [0.2, 0.25) is 5.91 Å². The first-order valence-electron chi connectivity index (χ1n) is 7.78. The van der Waals surface area contributed by atoms with Crippen LogP contribution in [0.3, 0.4) is 0 Å². The fraction of sp³-hybridized carbons (Fsp3) is 0.176. The number of carbonyl (C=O) groups is 1. The molecule has 0 saturated heterocycles. The number of hydrogen-bond donors (Lipinski definition) is 1. The van der Waals surface area contributed by atoms with E-state index in [-0.39, 0.29) is 28.5 Å². The molecule has 2 heterocycles. The van der Waals surface area contributed by atoms with Crippen molar-refractivity contribution in [1.82, 2.24) is 10.3 Å². The lowest BCUT2D eigenvalue weighted by atomic mass is 10.3. The van der Waals surface area contributed by atoms with Crippen LogP contribution in [0.25, 0.3) is 0 Å². The molecule has 1 amide bonds. The number of anilines is 1. The van der Waals surface area contributed by atoms with Gasteiger partial charge in [0, 0.05) is 16.5 Å². The summed E-state index contributed by atoms with van der Waals surface area (Å²) in [7, 11) is -3.89. The average molecular weight is 408 g/mol. The van der Waals surface area contributed by atoms with Crippen molar-refractivity contribution in [2.24, 2.45) is 0 Å². The minimum Gasteiger partial charge on any atom is -0.347 e. The smallest absolute Gasteiger partial charge is 0.266 e. The van der Waals surface area contributed by atoms with Gasteiger partial charge in [0.15, 0.2) is 5.13 Å². The number of hydrogen-bond acceptors (Lipinski definition) is 6. The topological polar surface area (TPSA) is 79.4 Å². The highest BCUT2D eigenvalue weighted by atomic mass is 32.2. The SMILES string of the molecule is C[C@@H](NC(=O)CN(c1nccs1)S(=O)(=O)c1ccccc1)c1cccs1. The van der Waals surface area contributed by atoms with Crippen LogP contribution in [-0.4, -0.2) is 25.9 Å². The Bertz CT molecular complexity index is 940. The number of carbonyl (C=O) groups excluding carboxylic acids is 1. The molecule has 0 radical (unpaired) electrons. The third kappa shape index (κ3) is 4.12. The number of sulfonamides is 1. The number of thiazole rings is 1. The lowest BCUT2D eigenvalue weighted by Crippen LogP contribution is -2.41. The molecule has 26 heavy (non-hydrogen) atoms. The minimum absolute atomic E-state index is 0.120. The molecule has 0 saturated carbocycles. The van der Waals surface area contributed by atoms with Gasteiger partial charge in [-0.1, -0.05) is 24.3 Å². The summed E-state index contributed by atoms with van der Waals surface area (Å²) in [6.07, 6.45) is 1.51. The Morgan fingerprint density at radius 1 is 1.15 bits per heavy atom. The summed E-state index contributed by atoms with van der Waals surface area (Å²) in [5.74, 6) is -0.388. The first kappa shape index (κ1) is 18.6. The van der Waals surface area contributed by atoms with Gasteiger partial charge in [-0.3, -0.25) is 4.79 Å². The van der Waals surface area contributed by atoms with Gasteiger partial charge < -0.3 is 5.32 Å². The number of aromatic nitrogens is 1. The maximum Gasteiger partial charge on any atom is 0.266 e. The third-order valence-electron chi connectivity index (χ3n) is 3.60. The molecular formula is C17H17N3O3S3. The van der Waals surface area contributed by atoms with Crippen molar-refractivity contribution < 1.29 is 13.2 Å². The van der Waals surface area contributed by atoms with Crippen molar-refractivity contribution in [3.63, 3.8) is 0 Å². The molecule has 6 nitrogen and oxygen atoms in total. The maximum atomic E-state index is 13.0. The highest BCUT2D eigenvalue weighted by Gasteiger charge is 2.29. The molecule has 1 N–H and O–H groups in total. The van der Waals surface area contributed by atoms with Crippen LogP contribution in [0.1, 0.15) is 17.8 Å². The van der Waals surface area contributed by atoms with Crippen molar-refractivity contribution in [2.45, 2.75) is 17.9 Å². The summed E-state index contributed by atoms with van der Waals surface area (Å²) in [6.45, 7) is 1.53.